The number of carbonyl (C=O) groups is 2. The van der Waals surface area contributed by atoms with Crippen LogP contribution in [0.1, 0.15) is 25.5 Å². The van der Waals surface area contributed by atoms with Crippen LogP contribution in [0.5, 0.6) is 0 Å². The molecule has 0 spiro atoms. The summed E-state index contributed by atoms with van der Waals surface area (Å²) in [5.41, 5.74) is 0.941. The highest BCUT2D eigenvalue weighted by atomic mass is 16.5. The number of imide groups is 1. The fourth-order valence-electron chi connectivity index (χ4n) is 2.98. The van der Waals surface area contributed by atoms with Gasteiger partial charge in [-0.05, 0) is 12.5 Å². The molecule has 1 saturated heterocycles. The zero-order valence-electron chi connectivity index (χ0n) is 12.9. The van der Waals surface area contributed by atoms with Crippen LogP contribution >= 0.6 is 0 Å². The van der Waals surface area contributed by atoms with E-state index in [0.29, 0.717) is 5.90 Å². The van der Waals surface area contributed by atoms with Gasteiger partial charge in [0.1, 0.15) is 0 Å². The van der Waals surface area contributed by atoms with Gasteiger partial charge in [0.25, 0.3) is 5.91 Å². The number of carbonyl (C=O) groups excluding carboxylic acids is 2. The molecule has 1 fully saturated rings. The molecule has 2 heterocycles. The molecule has 116 valence electrons. The zero-order valence-corrected chi connectivity index (χ0v) is 12.9. The van der Waals surface area contributed by atoms with Crippen LogP contribution in [0.4, 0.5) is 4.79 Å². The molecule has 6 nitrogen and oxygen atoms in total. The predicted molar refractivity (Wildman–Crippen MR) is 81.5 cm³/mol. The van der Waals surface area contributed by atoms with Crippen molar-refractivity contribution in [2.75, 3.05) is 13.6 Å². The molecule has 0 radical (unpaired) electrons. The number of likely N-dealkylation sites (N-methyl/N-ethyl adjacent to an activating group) is 1. The molecule has 3 atom stereocenters. The number of ether oxygens (including phenoxy) is 1. The topological polar surface area (TPSA) is 62.2 Å². The number of rotatable bonds is 2. The van der Waals surface area contributed by atoms with Gasteiger partial charge in [0, 0.05) is 14.0 Å². The van der Waals surface area contributed by atoms with Gasteiger partial charge in [0.05, 0.1) is 18.6 Å². The molecule has 6 heteroatoms. The van der Waals surface area contributed by atoms with Gasteiger partial charge in [-0.25, -0.2) is 4.79 Å². The second-order valence-corrected chi connectivity index (χ2v) is 5.66. The zero-order chi connectivity index (χ0) is 15.9. The summed E-state index contributed by atoms with van der Waals surface area (Å²) >= 11 is 0. The van der Waals surface area contributed by atoms with Crippen molar-refractivity contribution in [1.29, 1.82) is 0 Å². The van der Waals surface area contributed by atoms with Crippen LogP contribution in [0, 0.1) is 0 Å². The molecule has 0 aromatic heterocycles. The summed E-state index contributed by atoms with van der Waals surface area (Å²) < 4.78 is 5.43. The van der Waals surface area contributed by atoms with Crippen molar-refractivity contribution in [3.63, 3.8) is 0 Å². The molecule has 22 heavy (non-hydrogen) atoms. The first kappa shape index (κ1) is 14.6. The average molecular weight is 301 g/mol. The van der Waals surface area contributed by atoms with Crippen LogP contribution in [-0.4, -0.2) is 53.4 Å². The average Bonchev–Trinajstić information content (AvgIpc) is 3.05. The SMILES string of the molecule is CC1=NC[C@H](C(=O)N2C(=O)N(C)[C@@H](C)[C@H]2c2ccccc2)O1. The summed E-state index contributed by atoms with van der Waals surface area (Å²) in [5, 5.41) is 0. The fourth-order valence-corrected chi connectivity index (χ4v) is 2.98. The van der Waals surface area contributed by atoms with E-state index in [1.807, 2.05) is 37.3 Å². The third-order valence-electron chi connectivity index (χ3n) is 4.30. The summed E-state index contributed by atoms with van der Waals surface area (Å²) in [5.74, 6) is 0.165. The Morgan fingerprint density at radius 3 is 2.59 bits per heavy atom. The number of hydrogen-bond donors (Lipinski definition) is 0. The van der Waals surface area contributed by atoms with E-state index in [0.717, 1.165) is 5.56 Å². The molecule has 3 amide bonds. The summed E-state index contributed by atoms with van der Waals surface area (Å²) in [4.78, 5) is 32.3. The lowest BCUT2D eigenvalue weighted by Gasteiger charge is -2.25. The van der Waals surface area contributed by atoms with E-state index in [4.69, 9.17) is 4.74 Å². The minimum atomic E-state index is -0.700. The summed E-state index contributed by atoms with van der Waals surface area (Å²) in [7, 11) is 1.72. The standard InChI is InChI=1S/C16H19N3O3/c1-10-14(12-7-5-4-6-8-12)19(16(21)18(10)3)15(20)13-9-17-11(2)22-13/h4-8,10,13-14H,9H2,1-3H3/t10-,13+,14-/m0/s1. The van der Waals surface area contributed by atoms with E-state index in [9.17, 15) is 9.59 Å². The first-order valence-electron chi connectivity index (χ1n) is 7.33. The van der Waals surface area contributed by atoms with Gasteiger partial charge in [-0.1, -0.05) is 30.3 Å². The van der Waals surface area contributed by atoms with Crippen molar-refractivity contribution in [3.05, 3.63) is 35.9 Å². The van der Waals surface area contributed by atoms with Gasteiger partial charge >= 0.3 is 6.03 Å². The summed E-state index contributed by atoms with van der Waals surface area (Å²) in [6, 6.07) is 8.91. The third-order valence-corrected chi connectivity index (χ3v) is 4.30. The maximum absolute atomic E-state index is 12.8. The Morgan fingerprint density at radius 2 is 2.00 bits per heavy atom. The Labute approximate surface area is 129 Å². The van der Waals surface area contributed by atoms with E-state index in [1.54, 1.807) is 18.9 Å². The number of nitrogens with zero attached hydrogens (tertiary/aromatic N) is 3. The second kappa shape index (κ2) is 5.44. The van der Waals surface area contributed by atoms with Crippen molar-refractivity contribution in [2.24, 2.45) is 4.99 Å². The molecule has 0 N–H and O–H groups in total. The van der Waals surface area contributed by atoms with Crippen molar-refractivity contribution >= 4 is 17.8 Å². The Kier molecular flexibility index (Phi) is 3.60. The number of amides is 3. The largest absolute Gasteiger partial charge is 0.466 e. The van der Waals surface area contributed by atoms with Crippen molar-refractivity contribution in [2.45, 2.75) is 32.0 Å². The lowest BCUT2D eigenvalue weighted by atomic mass is 10.00. The molecule has 0 aliphatic carbocycles. The van der Waals surface area contributed by atoms with Gasteiger partial charge < -0.3 is 9.64 Å². The monoisotopic (exact) mass is 301 g/mol. The maximum atomic E-state index is 12.8. The van der Waals surface area contributed by atoms with Gasteiger partial charge in [0.15, 0.2) is 12.0 Å². The molecule has 2 aliphatic rings. The molecule has 2 aliphatic heterocycles. The molecule has 1 aromatic rings. The molecule has 1 aromatic carbocycles. The molecule has 0 saturated carbocycles. The fraction of sp³-hybridized carbons (Fsp3) is 0.438. The minimum Gasteiger partial charge on any atom is -0.466 e. The van der Waals surface area contributed by atoms with Crippen molar-refractivity contribution in [1.82, 2.24) is 9.80 Å². The van der Waals surface area contributed by atoms with Crippen LogP contribution < -0.4 is 0 Å². The Morgan fingerprint density at radius 1 is 1.32 bits per heavy atom. The molecular weight excluding hydrogens is 282 g/mol. The molecule has 3 rings (SSSR count). The quantitative estimate of drug-likeness (QED) is 0.837. The van der Waals surface area contributed by atoms with Crippen LogP contribution in [0.25, 0.3) is 0 Å². The van der Waals surface area contributed by atoms with Crippen LogP contribution in [0.2, 0.25) is 0 Å². The van der Waals surface area contributed by atoms with Crippen LogP contribution in [0.15, 0.2) is 35.3 Å². The first-order chi connectivity index (χ1) is 10.5. The van der Waals surface area contributed by atoms with E-state index < -0.39 is 6.10 Å². The number of benzene rings is 1. The maximum Gasteiger partial charge on any atom is 0.327 e. The van der Waals surface area contributed by atoms with E-state index in [1.165, 1.54) is 4.90 Å². The Bertz CT molecular complexity index is 629. The van der Waals surface area contributed by atoms with Crippen molar-refractivity contribution < 1.29 is 14.3 Å². The molecular formula is C16H19N3O3. The Hall–Kier alpha value is -2.37. The van der Waals surface area contributed by atoms with E-state index >= 15 is 0 Å². The first-order valence-corrected chi connectivity index (χ1v) is 7.33. The highest BCUT2D eigenvalue weighted by Gasteiger charge is 2.48. The highest BCUT2D eigenvalue weighted by Crippen LogP contribution is 2.35. The lowest BCUT2D eigenvalue weighted by Crippen LogP contribution is -2.44. The summed E-state index contributed by atoms with van der Waals surface area (Å²) in [6.07, 6.45) is -0.700. The smallest absolute Gasteiger partial charge is 0.327 e. The van der Waals surface area contributed by atoms with E-state index in [-0.39, 0.29) is 30.6 Å². The van der Waals surface area contributed by atoms with Gasteiger partial charge in [-0.2, -0.15) is 0 Å². The Balaban J connectivity index is 1.92. The van der Waals surface area contributed by atoms with Crippen LogP contribution in [-0.2, 0) is 9.53 Å². The number of aliphatic imine (C=N–C) groups is 1. The number of hydrogen-bond acceptors (Lipinski definition) is 4. The second-order valence-electron chi connectivity index (χ2n) is 5.66. The minimum absolute atomic E-state index is 0.0951. The van der Waals surface area contributed by atoms with Crippen LogP contribution in [0.3, 0.4) is 0 Å². The lowest BCUT2D eigenvalue weighted by molar-refractivity contribution is -0.136. The van der Waals surface area contributed by atoms with Gasteiger partial charge in [-0.3, -0.25) is 14.7 Å². The van der Waals surface area contributed by atoms with Gasteiger partial charge in [-0.15, -0.1) is 0 Å². The molecule has 0 bridgehead atoms. The van der Waals surface area contributed by atoms with Gasteiger partial charge in [0.2, 0.25) is 0 Å². The third kappa shape index (κ3) is 2.24. The van der Waals surface area contributed by atoms with Crippen molar-refractivity contribution in [3.8, 4) is 0 Å². The molecule has 0 unspecified atom stereocenters. The van der Waals surface area contributed by atoms with E-state index in [2.05, 4.69) is 4.99 Å². The number of urea groups is 1. The summed E-state index contributed by atoms with van der Waals surface area (Å²) in [6.45, 7) is 3.93. The predicted octanol–water partition coefficient (Wildman–Crippen LogP) is 1.83. The highest BCUT2D eigenvalue weighted by molar-refractivity contribution is 6.00. The normalized spacial score (nSPS) is 27.9.